The number of nitrogens with zero attached hydrogens (tertiary/aromatic N) is 1. The topological polar surface area (TPSA) is 75.2 Å². The Morgan fingerprint density at radius 2 is 2.17 bits per heavy atom. The average molecular weight is 248 g/mol. The van der Waals surface area contributed by atoms with Crippen LogP contribution >= 0.6 is 0 Å². The molecule has 1 aromatic carbocycles. The molecule has 96 valence electrons. The minimum atomic E-state index is -0.218. The molecular weight excluding hydrogens is 232 g/mol. The minimum Gasteiger partial charge on any atom is -0.496 e. The Bertz CT molecular complexity index is 632. The maximum Gasteiger partial charge on any atom is 0.262 e. The fourth-order valence-electron chi connectivity index (χ4n) is 1.83. The van der Waals surface area contributed by atoms with Crippen molar-refractivity contribution in [3.8, 4) is 5.75 Å². The normalized spacial score (nSPS) is 11.2. The predicted molar refractivity (Wildman–Crippen MR) is 68.9 cm³/mol. The van der Waals surface area contributed by atoms with Crippen molar-refractivity contribution in [3.63, 3.8) is 0 Å². The van der Waals surface area contributed by atoms with Crippen LogP contribution in [0.4, 0.5) is 0 Å². The van der Waals surface area contributed by atoms with Crippen molar-refractivity contribution in [2.24, 2.45) is 0 Å². The zero-order valence-corrected chi connectivity index (χ0v) is 10.7. The second kappa shape index (κ2) is 4.78. The lowest BCUT2D eigenvalue weighted by Crippen LogP contribution is -2.14. The molecule has 5 heteroatoms. The van der Waals surface area contributed by atoms with Crippen LogP contribution in [0.5, 0.6) is 5.75 Å². The van der Waals surface area contributed by atoms with Gasteiger partial charge < -0.3 is 14.8 Å². The lowest BCUT2D eigenvalue weighted by atomic mass is 10.1. The fourth-order valence-corrected chi connectivity index (χ4v) is 1.83. The number of aliphatic hydroxyl groups is 1. The van der Waals surface area contributed by atoms with E-state index in [0.29, 0.717) is 28.0 Å². The molecule has 1 aromatic heterocycles. The summed E-state index contributed by atoms with van der Waals surface area (Å²) in [6.07, 6.45) is 0. The third-order valence-corrected chi connectivity index (χ3v) is 2.80. The summed E-state index contributed by atoms with van der Waals surface area (Å²) in [6.45, 7) is 3.80. The first kappa shape index (κ1) is 12.6. The van der Waals surface area contributed by atoms with Gasteiger partial charge in [-0.25, -0.2) is 4.98 Å². The number of aliphatic hydroxyl groups excluding tert-OH is 1. The lowest BCUT2D eigenvalue weighted by Gasteiger charge is -2.10. The van der Waals surface area contributed by atoms with E-state index < -0.39 is 0 Å². The predicted octanol–water partition coefficient (Wildman–Crippen LogP) is 1.55. The van der Waals surface area contributed by atoms with Crippen LogP contribution < -0.4 is 10.3 Å². The van der Waals surface area contributed by atoms with Crippen LogP contribution in [-0.2, 0) is 6.61 Å². The Balaban J connectivity index is 2.82. The first-order valence-corrected chi connectivity index (χ1v) is 5.78. The minimum absolute atomic E-state index is 0.113. The zero-order chi connectivity index (χ0) is 13.3. The van der Waals surface area contributed by atoms with E-state index in [1.807, 2.05) is 13.8 Å². The molecule has 0 bridgehead atoms. The first-order valence-electron chi connectivity index (χ1n) is 5.78. The van der Waals surface area contributed by atoms with Crippen LogP contribution in [0.15, 0.2) is 16.9 Å². The summed E-state index contributed by atoms with van der Waals surface area (Å²) < 4.78 is 5.18. The van der Waals surface area contributed by atoms with E-state index in [4.69, 9.17) is 4.74 Å². The van der Waals surface area contributed by atoms with Gasteiger partial charge >= 0.3 is 0 Å². The van der Waals surface area contributed by atoms with E-state index in [1.54, 1.807) is 12.1 Å². The van der Waals surface area contributed by atoms with Gasteiger partial charge in [0.05, 0.1) is 19.2 Å². The number of nitrogens with one attached hydrogen (secondary N) is 1. The van der Waals surface area contributed by atoms with E-state index in [0.717, 1.165) is 0 Å². The maximum atomic E-state index is 12.0. The molecule has 0 radical (unpaired) electrons. The van der Waals surface area contributed by atoms with Gasteiger partial charge in [0.1, 0.15) is 17.0 Å². The number of fused-ring (bicyclic) bond motifs is 1. The standard InChI is InChI=1S/C13H16N2O3/c1-7(2)12-14-9-4-8(6-16)5-10(18-3)11(9)13(17)15-12/h4-5,7,16H,6H2,1-3H3,(H,14,15,17). The summed E-state index contributed by atoms with van der Waals surface area (Å²) in [4.78, 5) is 19.2. The summed E-state index contributed by atoms with van der Waals surface area (Å²) in [6, 6.07) is 3.35. The third-order valence-electron chi connectivity index (χ3n) is 2.80. The summed E-state index contributed by atoms with van der Waals surface area (Å²) in [5.74, 6) is 1.19. The van der Waals surface area contributed by atoms with Crippen LogP contribution in [-0.4, -0.2) is 22.2 Å². The summed E-state index contributed by atoms with van der Waals surface area (Å²) in [5, 5.41) is 9.61. The van der Waals surface area contributed by atoms with Crippen molar-refractivity contribution >= 4 is 10.9 Å². The highest BCUT2D eigenvalue weighted by Crippen LogP contribution is 2.24. The molecule has 0 saturated carbocycles. The van der Waals surface area contributed by atoms with Crippen molar-refractivity contribution in [1.82, 2.24) is 9.97 Å². The molecule has 0 unspecified atom stereocenters. The molecule has 18 heavy (non-hydrogen) atoms. The molecule has 2 N–H and O–H groups in total. The average Bonchev–Trinajstić information content (AvgIpc) is 2.36. The molecule has 1 heterocycles. The van der Waals surface area contributed by atoms with E-state index >= 15 is 0 Å². The smallest absolute Gasteiger partial charge is 0.262 e. The molecule has 0 aliphatic heterocycles. The zero-order valence-electron chi connectivity index (χ0n) is 10.7. The molecule has 0 aliphatic rings. The second-order valence-corrected chi connectivity index (χ2v) is 4.46. The number of rotatable bonds is 3. The Hall–Kier alpha value is -1.88. The summed E-state index contributed by atoms with van der Waals surface area (Å²) in [5.41, 5.74) is 1.00. The van der Waals surface area contributed by atoms with Crippen molar-refractivity contribution in [1.29, 1.82) is 0 Å². The molecule has 0 amide bonds. The number of hydrogen-bond acceptors (Lipinski definition) is 4. The number of benzene rings is 1. The van der Waals surface area contributed by atoms with Crippen LogP contribution in [0.25, 0.3) is 10.9 Å². The van der Waals surface area contributed by atoms with Crippen LogP contribution in [0, 0.1) is 0 Å². The molecular formula is C13H16N2O3. The SMILES string of the molecule is COc1cc(CO)cc2nc(C(C)C)[nH]c(=O)c12. The number of methoxy groups -OCH3 is 1. The highest BCUT2D eigenvalue weighted by Gasteiger charge is 2.12. The first-order chi connectivity index (χ1) is 8.56. The maximum absolute atomic E-state index is 12.0. The van der Waals surface area contributed by atoms with E-state index in [9.17, 15) is 9.90 Å². The van der Waals surface area contributed by atoms with Gasteiger partial charge in [0.25, 0.3) is 5.56 Å². The van der Waals surface area contributed by atoms with Gasteiger partial charge in [-0.3, -0.25) is 4.79 Å². The molecule has 0 aliphatic carbocycles. The Morgan fingerprint density at radius 3 is 2.72 bits per heavy atom. The number of aromatic nitrogens is 2. The van der Waals surface area contributed by atoms with Crippen LogP contribution in [0.1, 0.15) is 31.2 Å². The Kier molecular flexibility index (Phi) is 3.34. The van der Waals surface area contributed by atoms with E-state index in [2.05, 4.69) is 9.97 Å². The van der Waals surface area contributed by atoms with Gasteiger partial charge in [-0.1, -0.05) is 13.8 Å². The van der Waals surface area contributed by atoms with Crippen molar-refractivity contribution in [2.75, 3.05) is 7.11 Å². The molecule has 0 atom stereocenters. The van der Waals surface area contributed by atoms with Gasteiger partial charge in [0, 0.05) is 5.92 Å². The van der Waals surface area contributed by atoms with Gasteiger partial charge in [-0.15, -0.1) is 0 Å². The van der Waals surface area contributed by atoms with E-state index in [-0.39, 0.29) is 18.1 Å². The van der Waals surface area contributed by atoms with E-state index in [1.165, 1.54) is 7.11 Å². The number of ether oxygens (including phenoxy) is 1. The third kappa shape index (κ3) is 2.09. The monoisotopic (exact) mass is 248 g/mol. The van der Waals surface area contributed by atoms with Gasteiger partial charge in [0.2, 0.25) is 0 Å². The quantitative estimate of drug-likeness (QED) is 0.864. The number of hydrogen-bond donors (Lipinski definition) is 2. The Morgan fingerprint density at radius 1 is 1.44 bits per heavy atom. The van der Waals surface area contributed by atoms with Crippen LogP contribution in [0.2, 0.25) is 0 Å². The molecule has 0 saturated heterocycles. The van der Waals surface area contributed by atoms with Crippen molar-refractivity contribution in [2.45, 2.75) is 26.4 Å². The van der Waals surface area contributed by atoms with Gasteiger partial charge in [-0.05, 0) is 17.7 Å². The molecule has 2 aromatic rings. The summed E-state index contributed by atoms with van der Waals surface area (Å²) >= 11 is 0. The van der Waals surface area contributed by atoms with Crippen LogP contribution in [0.3, 0.4) is 0 Å². The molecule has 2 rings (SSSR count). The highest BCUT2D eigenvalue weighted by molar-refractivity contribution is 5.85. The number of aromatic amines is 1. The van der Waals surface area contributed by atoms with Gasteiger partial charge in [0.15, 0.2) is 0 Å². The molecule has 0 fully saturated rings. The fraction of sp³-hybridized carbons (Fsp3) is 0.385. The molecule has 0 spiro atoms. The van der Waals surface area contributed by atoms with Crippen molar-refractivity contribution in [3.05, 3.63) is 33.9 Å². The second-order valence-electron chi connectivity index (χ2n) is 4.46. The number of H-pyrrole nitrogens is 1. The Labute approximate surface area is 104 Å². The molecule has 5 nitrogen and oxygen atoms in total. The lowest BCUT2D eigenvalue weighted by molar-refractivity contribution is 0.281. The largest absolute Gasteiger partial charge is 0.496 e. The highest BCUT2D eigenvalue weighted by atomic mass is 16.5. The summed E-state index contributed by atoms with van der Waals surface area (Å²) in [7, 11) is 1.49. The van der Waals surface area contributed by atoms with Gasteiger partial charge in [-0.2, -0.15) is 0 Å². The van der Waals surface area contributed by atoms with Crippen molar-refractivity contribution < 1.29 is 9.84 Å².